The van der Waals surface area contributed by atoms with E-state index in [2.05, 4.69) is 5.32 Å². The Labute approximate surface area is 179 Å². The smallest absolute Gasteiger partial charge is 0.355 e. The average Bonchev–Trinajstić information content (AvgIpc) is 3.52. The maximum atomic E-state index is 13.3. The van der Waals surface area contributed by atoms with Gasteiger partial charge in [0.1, 0.15) is 5.69 Å². The summed E-state index contributed by atoms with van der Waals surface area (Å²) in [5.41, 5.74) is 2.37. The summed E-state index contributed by atoms with van der Waals surface area (Å²) < 4.78 is 7.04. The van der Waals surface area contributed by atoms with Crippen LogP contribution in [0.2, 0.25) is 0 Å². The van der Waals surface area contributed by atoms with Crippen LogP contribution in [0.4, 0.5) is 4.79 Å². The van der Waals surface area contributed by atoms with Crippen LogP contribution in [0, 0.1) is 13.8 Å². The minimum absolute atomic E-state index is 0.0426. The molecule has 1 aromatic rings. The molecule has 3 rings (SSSR count). The second kappa shape index (κ2) is 9.67. The zero-order valence-electron chi connectivity index (χ0n) is 18.8. The second-order valence-electron chi connectivity index (χ2n) is 8.47. The maximum absolute atomic E-state index is 13.3. The van der Waals surface area contributed by atoms with Gasteiger partial charge in [0.15, 0.2) is 5.78 Å². The quantitative estimate of drug-likeness (QED) is 0.512. The molecule has 2 saturated carbocycles. The van der Waals surface area contributed by atoms with Gasteiger partial charge in [0.2, 0.25) is 0 Å². The van der Waals surface area contributed by atoms with Gasteiger partial charge in [0.05, 0.1) is 13.2 Å². The number of rotatable bonds is 8. The molecular formula is C23H35N3O4. The molecule has 30 heavy (non-hydrogen) atoms. The van der Waals surface area contributed by atoms with Crippen LogP contribution in [0.25, 0.3) is 0 Å². The Morgan fingerprint density at radius 3 is 2.30 bits per heavy atom. The number of esters is 1. The van der Waals surface area contributed by atoms with Crippen LogP contribution in [0.1, 0.15) is 90.9 Å². The van der Waals surface area contributed by atoms with Crippen LogP contribution in [0.3, 0.4) is 0 Å². The van der Waals surface area contributed by atoms with Gasteiger partial charge >= 0.3 is 12.0 Å². The van der Waals surface area contributed by atoms with Gasteiger partial charge in [0, 0.05) is 29.9 Å². The predicted molar refractivity (Wildman–Crippen MR) is 115 cm³/mol. The van der Waals surface area contributed by atoms with Crippen molar-refractivity contribution >= 4 is 17.8 Å². The molecule has 166 valence electrons. The second-order valence-corrected chi connectivity index (χ2v) is 8.47. The van der Waals surface area contributed by atoms with Crippen LogP contribution in [0.5, 0.6) is 0 Å². The largest absolute Gasteiger partial charge is 0.461 e. The molecule has 0 radical (unpaired) electrons. The van der Waals surface area contributed by atoms with Gasteiger partial charge in [-0.25, -0.2) is 9.59 Å². The van der Waals surface area contributed by atoms with Crippen LogP contribution in [-0.4, -0.2) is 52.5 Å². The molecule has 0 atom stereocenters. The summed E-state index contributed by atoms with van der Waals surface area (Å²) in [5, 5.41) is 3.14. The molecule has 2 aliphatic carbocycles. The van der Waals surface area contributed by atoms with Gasteiger partial charge in [-0.2, -0.15) is 0 Å². The first-order chi connectivity index (χ1) is 14.4. The number of carbonyl (C=O) groups is 3. The van der Waals surface area contributed by atoms with Gasteiger partial charge in [-0.05, 0) is 58.9 Å². The fourth-order valence-corrected chi connectivity index (χ4v) is 4.65. The minimum atomic E-state index is -0.409. The number of ketones is 1. The van der Waals surface area contributed by atoms with Gasteiger partial charge in [-0.3, -0.25) is 4.79 Å². The number of amides is 2. The predicted octanol–water partition coefficient (Wildman–Crippen LogP) is 3.99. The van der Waals surface area contributed by atoms with Crippen molar-refractivity contribution in [1.82, 2.24) is 14.8 Å². The zero-order valence-corrected chi connectivity index (χ0v) is 18.8. The molecule has 0 spiro atoms. The first-order valence-electron chi connectivity index (χ1n) is 11.4. The van der Waals surface area contributed by atoms with Crippen molar-refractivity contribution in [3.05, 3.63) is 22.5 Å². The number of hydrogen-bond acceptors (Lipinski definition) is 4. The highest BCUT2D eigenvalue weighted by Gasteiger charge is 2.36. The van der Waals surface area contributed by atoms with E-state index < -0.39 is 5.97 Å². The number of nitrogens with zero attached hydrogens (tertiary/aromatic N) is 2. The third-order valence-corrected chi connectivity index (χ3v) is 6.33. The van der Waals surface area contributed by atoms with E-state index >= 15 is 0 Å². The summed E-state index contributed by atoms with van der Waals surface area (Å²) >= 11 is 0. The number of nitrogens with one attached hydrogen (secondary N) is 1. The van der Waals surface area contributed by atoms with Crippen molar-refractivity contribution in [1.29, 1.82) is 0 Å². The van der Waals surface area contributed by atoms with E-state index in [0.29, 0.717) is 23.4 Å². The van der Waals surface area contributed by atoms with Crippen LogP contribution < -0.4 is 5.32 Å². The van der Waals surface area contributed by atoms with Crippen molar-refractivity contribution in [2.24, 2.45) is 0 Å². The molecule has 1 heterocycles. The van der Waals surface area contributed by atoms with Crippen LogP contribution in [-0.2, 0) is 11.3 Å². The molecule has 0 aliphatic heterocycles. The van der Waals surface area contributed by atoms with Crippen molar-refractivity contribution in [3.8, 4) is 0 Å². The normalized spacial score (nSPS) is 16.9. The zero-order chi connectivity index (χ0) is 21.8. The third-order valence-electron chi connectivity index (χ3n) is 6.33. The van der Waals surface area contributed by atoms with E-state index in [4.69, 9.17) is 4.74 Å². The highest BCUT2D eigenvalue weighted by atomic mass is 16.5. The molecule has 0 saturated heterocycles. The standard InChI is InChI=1S/C23H35N3O4/c1-5-25-16(4)20(15(3)21(25)22(28)30-6-2)19(27)14-26(18-12-13-18)23(29)24-17-10-8-7-9-11-17/h17-18H,5-14H2,1-4H3,(H,24,29). The van der Waals surface area contributed by atoms with E-state index in [0.717, 1.165) is 44.2 Å². The Balaban J connectivity index is 1.79. The molecule has 2 fully saturated rings. The molecule has 2 aliphatic rings. The van der Waals surface area contributed by atoms with Crippen LogP contribution in [0.15, 0.2) is 0 Å². The molecule has 0 unspecified atom stereocenters. The Morgan fingerprint density at radius 2 is 1.73 bits per heavy atom. The molecule has 0 aromatic carbocycles. The summed E-state index contributed by atoms with van der Waals surface area (Å²) in [5.74, 6) is -0.526. The van der Waals surface area contributed by atoms with Gasteiger partial charge in [-0.1, -0.05) is 19.3 Å². The van der Waals surface area contributed by atoms with Crippen molar-refractivity contribution in [2.75, 3.05) is 13.2 Å². The number of aromatic nitrogens is 1. The fraction of sp³-hybridized carbons (Fsp3) is 0.696. The van der Waals surface area contributed by atoms with E-state index in [1.165, 1.54) is 6.42 Å². The van der Waals surface area contributed by atoms with Crippen molar-refractivity contribution < 1.29 is 19.1 Å². The maximum Gasteiger partial charge on any atom is 0.355 e. The summed E-state index contributed by atoms with van der Waals surface area (Å²) in [6.07, 6.45) is 7.42. The number of carbonyl (C=O) groups excluding carboxylic acids is 3. The summed E-state index contributed by atoms with van der Waals surface area (Å²) in [7, 11) is 0. The third kappa shape index (κ3) is 4.71. The molecule has 1 aromatic heterocycles. The van der Waals surface area contributed by atoms with E-state index in [1.54, 1.807) is 18.7 Å². The van der Waals surface area contributed by atoms with Gasteiger partial charge < -0.3 is 19.5 Å². The van der Waals surface area contributed by atoms with E-state index in [-0.39, 0.29) is 37.0 Å². The van der Waals surface area contributed by atoms with E-state index in [1.807, 2.05) is 18.4 Å². The lowest BCUT2D eigenvalue weighted by Gasteiger charge is -2.28. The lowest BCUT2D eigenvalue weighted by molar-refractivity contribution is 0.0512. The Hall–Kier alpha value is -2.31. The van der Waals surface area contributed by atoms with Crippen molar-refractivity contribution in [3.63, 3.8) is 0 Å². The molecule has 7 nitrogen and oxygen atoms in total. The lowest BCUT2D eigenvalue weighted by atomic mass is 9.96. The van der Waals surface area contributed by atoms with Crippen LogP contribution >= 0.6 is 0 Å². The highest BCUT2D eigenvalue weighted by molar-refractivity contribution is 6.04. The molecule has 0 bridgehead atoms. The van der Waals surface area contributed by atoms with E-state index in [9.17, 15) is 14.4 Å². The van der Waals surface area contributed by atoms with Crippen molar-refractivity contribution in [2.45, 2.75) is 91.3 Å². The van der Waals surface area contributed by atoms with Gasteiger partial charge in [-0.15, -0.1) is 0 Å². The Kier molecular flexibility index (Phi) is 7.21. The average molecular weight is 418 g/mol. The summed E-state index contributed by atoms with van der Waals surface area (Å²) in [6.45, 7) is 8.26. The Bertz CT molecular complexity index is 804. The molecule has 7 heteroatoms. The number of hydrogen-bond donors (Lipinski definition) is 1. The Morgan fingerprint density at radius 1 is 1.07 bits per heavy atom. The monoisotopic (exact) mass is 417 g/mol. The summed E-state index contributed by atoms with van der Waals surface area (Å²) in [6, 6.07) is 0.215. The fourth-order valence-electron chi connectivity index (χ4n) is 4.65. The number of Topliss-reactive ketones (excluding diaryl/α,β-unsaturated/α-hetero) is 1. The topological polar surface area (TPSA) is 80.6 Å². The molecular weight excluding hydrogens is 382 g/mol. The van der Waals surface area contributed by atoms with Gasteiger partial charge in [0.25, 0.3) is 0 Å². The number of urea groups is 1. The minimum Gasteiger partial charge on any atom is -0.461 e. The first-order valence-corrected chi connectivity index (χ1v) is 11.4. The number of ether oxygens (including phenoxy) is 1. The summed E-state index contributed by atoms with van der Waals surface area (Å²) in [4.78, 5) is 40.4. The SMILES string of the molecule is CCOC(=O)c1c(C)c(C(=O)CN(C(=O)NC2CCCCC2)C2CC2)c(C)n1CC. The molecule has 2 amide bonds. The highest BCUT2D eigenvalue weighted by Crippen LogP contribution is 2.29. The lowest BCUT2D eigenvalue weighted by Crippen LogP contribution is -2.48. The first kappa shape index (κ1) is 22.4. The molecule has 1 N–H and O–H groups in total.